The van der Waals surface area contributed by atoms with Crippen LogP contribution >= 0.6 is 0 Å². The van der Waals surface area contributed by atoms with Crippen molar-refractivity contribution in [2.45, 2.75) is 37.3 Å². The van der Waals surface area contributed by atoms with Gasteiger partial charge in [-0.15, -0.1) is 0 Å². The van der Waals surface area contributed by atoms with Crippen LogP contribution in [0, 0.1) is 0 Å². The van der Waals surface area contributed by atoms with Gasteiger partial charge in [-0.2, -0.15) is 0 Å². The van der Waals surface area contributed by atoms with E-state index in [0.717, 1.165) is 37.2 Å². The molecule has 27 heavy (non-hydrogen) atoms. The van der Waals surface area contributed by atoms with Crippen LogP contribution in [0.2, 0.25) is 0 Å². The van der Waals surface area contributed by atoms with Gasteiger partial charge in [0.15, 0.2) is 0 Å². The highest BCUT2D eigenvalue weighted by atomic mass is 16.6. The van der Waals surface area contributed by atoms with E-state index >= 15 is 0 Å². The first kappa shape index (κ1) is 18.2. The molecule has 2 saturated heterocycles. The summed E-state index contributed by atoms with van der Waals surface area (Å²) in [5.74, 6) is 0. The lowest BCUT2D eigenvalue weighted by Crippen LogP contribution is -2.33. The van der Waals surface area contributed by atoms with Crippen LogP contribution in [0.5, 0.6) is 0 Å². The maximum atomic E-state index is 6.55. The van der Waals surface area contributed by atoms with Gasteiger partial charge in [0.25, 0.3) is 0 Å². The Balaban J connectivity index is 1.46. The topological polar surface area (TPSA) is 34.3 Å². The molecule has 0 spiro atoms. The summed E-state index contributed by atoms with van der Waals surface area (Å²) in [5.41, 5.74) is 4.76. The Labute approximate surface area is 161 Å². The normalized spacial score (nSPS) is 22.7. The van der Waals surface area contributed by atoms with E-state index in [4.69, 9.17) is 14.2 Å². The lowest BCUT2D eigenvalue weighted by molar-refractivity contribution is -0.0369. The van der Waals surface area contributed by atoms with Crippen LogP contribution in [-0.2, 0) is 27.1 Å². The third kappa shape index (κ3) is 4.95. The molecule has 140 valence electrons. The number of hydrogen-bond acceptors (Lipinski definition) is 3. The molecule has 0 aromatic heterocycles. The molecule has 2 aliphatic heterocycles. The van der Waals surface area contributed by atoms with Crippen molar-refractivity contribution in [2.24, 2.45) is 0 Å². The molecule has 3 nitrogen and oxygen atoms in total. The zero-order valence-corrected chi connectivity index (χ0v) is 15.6. The van der Waals surface area contributed by atoms with Crippen molar-refractivity contribution in [1.82, 2.24) is 0 Å². The summed E-state index contributed by atoms with van der Waals surface area (Å²) < 4.78 is 17.7. The van der Waals surface area contributed by atoms with Crippen molar-refractivity contribution in [3.05, 3.63) is 83.9 Å². The van der Waals surface area contributed by atoms with E-state index in [9.17, 15) is 0 Å². The Hall–Kier alpha value is -2.20. The summed E-state index contributed by atoms with van der Waals surface area (Å²) in [6.45, 7) is 9.27. The minimum Gasteiger partial charge on any atom is -0.370 e. The van der Waals surface area contributed by atoms with Crippen LogP contribution in [0.1, 0.15) is 22.3 Å². The first-order valence-corrected chi connectivity index (χ1v) is 9.56. The molecule has 2 aromatic rings. The highest BCUT2D eigenvalue weighted by Crippen LogP contribution is 2.28. The molecule has 2 fully saturated rings. The Bertz CT molecular complexity index is 737. The van der Waals surface area contributed by atoms with E-state index in [1.54, 1.807) is 0 Å². The second-order valence-electron chi connectivity index (χ2n) is 7.26. The average molecular weight is 362 g/mol. The molecule has 3 heteroatoms. The lowest BCUT2D eigenvalue weighted by Gasteiger charge is -2.23. The molecule has 0 bridgehead atoms. The van der Waals surface area contributed by atoms with Gasteiger partial charge < -0.3 is 14.2 Å². The maximum absolute atomic E-state index is 6.55. The summed E-state index contributed by atoms with van der Waals surface area (Å²) >= 11 is 0. The summed E-state index contributed by atoms with van der Waals surface area (Å²) in [6.07, 6.45) is 5.87. The van der Waals surface area contributed by atoms with Gasteiger partial charge in [0.05, 0.1) is 25.4 Å². The first-order chi connectivity index (χ1) is 13.2. The first-order valence-electron chi connectivity index (χ1n) is 9.56. The van der Waals surface area contributed by atoms with Crippen LogP contribution < -0.4 is 0 Å². The molecular formula is C24H26O3. The zero-order valence-electron chi connectivity index (χ0n) is 15.6. The minimum absolute atomic E-state index is 0.0434. The summed E-state index contributed by atoms with van der Waals surface area (Å²) in [7, 11) is 0. The molecule has 4 atom stereocenters. The van der Waals surface area contributed by atoms with Crippen molar-refractivity contribution in [2.75, 3.05) is 13.2 Å². The van der Waals surface area contributed by atoms with Crippen LogP contribution in [0.4, 0.5) is 0 Å². The van der Waals surface area contributed by atoms with Gasteiger partial charge in [0.2, 0.25) is 0 Å². The maximum Gasteiger partial charge on any atom is 0.107 e. The van der Waals surface area contributed by atoms with Gasteiger partial charge in [-0.1, -0.05) is 73.8 Å². The van der Waals surface area contributed by atoms with Crippen molar-refractivity contribution in [1.29, 1.82) is 0 Å². The molecule has 4 rings (SSSR count). The number of epoxide rings is 2. The molecule has 0 aliphatic carbocycles. The van der Waals surface area contributed by atoms with Crippen molar-refractivity contribution >= 4 is 12.2 Å². The molecule has 0 amide bonds. The number of ether oxygens (including phenoxy) is 3. The van der Waals surface area contributed by atoms with Crippen molar-refractivity contribution < 1.29 is 14.2 Å². The molecule has 2 aliphatic rings. The third-order valence-electron chi connectivity index (χ3n) is 5.14. The highest BCUT2D eigenvalue weighted by Gasteiger charge is 2.40. The number of hydrogen-bond donors (Lipinski definition) is 0. The smallest absolute Gasteiger partial charge is 0.107 e. The Morgan fingerprint density at radius 1 is 0.852 bits per heavy atom. The van der Waals surface area contributed by atoms with Gasteiger partial charge in [-0.3, -0.25) is 0 Å². The predicted octanol–water partition coefficient (Wildman–Crippen LogP) is 4.31. The zero-order chi connectivity index (χ0) is 18.6. The van der Waals surface area contributed by atoms with E-state index in [-0.39, 0.29) is 24.4 Å². The quantitative estimate of drug-likeness (QED) is 0.591. The molecule has 2 heterocycles. The van der Waals surface area contributed by atoms with Gasteiger partial charge >= 0.3 is 0 Å². The van der Waals surface area contributed by atoms with Gasteiger partial charge in [-0.05, 0) is 22.3 Å². The lowest BCUT2D eigenvalue weighted by atomic mass is 10.0. The molecule has 2 aromatic carbocycles. The van der Waals surface area contributed by atoms with Crippen molar-refractivity contribution in [3.63, 3.8) is 0 Å². The van der Waals surface area contributed by atoms with Crippen LogP contribution in [-0.4, -0.2) is 37.6 Å². The fourth-order valence-corrected chi connectivity index (χ4v) is 3.46. The fraction of sp³-hybridized carbons (Fsp3) is 0.333. The summed E-state index contributed by atoms with van der Waals surface area (Å²) in [5, 5.41) is 0. The summed E-state index contributed by atoms with van der Waals surface area (Å²) in [6, 6.07) is 16.9. The van der Waals surface area contributed by atoms with Crippen LogP contribution in [0.15, 0.2) is 61.7 Å². The standard InChI is InChI=1S/C24H26O3/c1-3-17-7-5-9-19(11-17)13-21(23-15-25-23)27-22(24-16-26-24)14-20-10-6-8-18(4-2)12-20/h3-12,21-24H,1-2,13-16H2. The molecule has 0 radical (unpaired) electrons. The van der Waals surface area contributed by atoms with E-state index in [0.29, 0.717) is 0 Å². The van der Waals surface area contributed by atoms with Crippen LogP contribution in [0.25, 0.3) is 12.2 Å². The van der Waals surface area contributed by atoms with E-state index in [1.807, 2.05) is 12.2 Å². The molecule has 0 N–H and O–H groups in total. The Morgan fingerprint density at radius 3 is 1.67 bits per heavy atom. The minimum atomic E-state index is 0.0434. The molecular weight excluding hydrogens is 336 g/mol. The van der Waals surface area contributed by atoms with Gasteiger partial charge in [0, 0.05) is 12.8 Å². The SMILES string of the molecule is C=Cc1cccc(CC(OC(Cc2cccc(C=C)c2)C2CO2)C2CO2)c1. The Kier molecular flexibility index (Phi) is 5.53. The largest absolute Gasteiger partial charge is 0.370 e. The second-order valence-corrected chi connectivity index (χ2v) is 7.26. The van der Waals surface area contributed by atoms with Crippen molar-refractivity contribution in [3.8, 4) is 0 Å². The van der Waals surface area contributed by atoms with E-state index in [2.05, 4.69) is 61.7 Å². The average Bonchev–Trinajstić information content (AvgIpc) is 3.59. The molecule has 4 unspecified atom stereocenters. The molecule has 0 saturated carbocycles. The highest BCUT2D eigenvalue weighted by molar-refractivity contribution is 5.48. The fourth-order valence-electron chi connectivity index (χ4n) is 3.46. The van der Waals surface area contributed by atoms with E-state index < -0.39 is 0 Å². The number of rotatable bonds is 10. The van der Waals surface area contributed by atoms with Gasteiger partial charge in [0.1, 0.15) is 12.2 Å². The summed E-state index contributed by atoms with van der Waals surface area (Å²) in [4.78, 5) is 0. The van der Waals surface area contributed by atoms with E-state index in [1.165, 1.54) is 11.1 Å². The van der Waals surface area contributed by atoms with Gasteiger partial charge in [-0.25, -0.2) is 0 Å². The predicted molar refractivity (Wildman–Crippen MR) is 109 cm³/mol. The van der Waals surface area contributed by atoms with Crippen LogP contribution in [0.3, 0.4) is 0 Å². The number of benzene rings is 2. The monoisotopic (exact) mass is 362 g/mol. The second kappa shape index (κ2) is 8.22. The Morgan fingerprint density at radius 2 is 1.30 bits per heavy atom. The third-order valence-corrected chi connectivity index (χ3v) is 5.14.